The van der Waals surface area contributed by atoms with Gasteiger partial charge >= 0.3 is 0 Å². The fourth-order valence-electron chi connectivity index (χ4n) is 1.52. The molecule has 1 aliphatic rings. The lowest BCUT2D eigenvalue weighted by molar-refractivity contribution is 0.315. The molecule has 1 aliphatic carbocycles. The third-order valence-corrected chi connectivity index (χ3v) is 4.14. The summed E-state index contributed by atoms with van der Waals surface area (Å²) in [5.74, 6) is 1.52. The third kappa shape index (κ3) is 3.46. The molecule has 0 aromatic carbocycles. The van der Waals surface area contributed by atoms with Crippen LogP contribution in [0.3, 0.4) is 0 Å². The van der Waals surface area contributed by atoms with Crippen LogP contribution < -0.4 is 5.73 Å². The van der Waals surface area contributed by atoms with E-state index in [-0.39, 0.29) is 5.92 Å². The summed E-state index contributed by atoms with van der Waals surface area (Å²) < 4.78 is 0. The van der Waals surface area contributed by atoms with Gasteiger partial charge in [0, 0.05) is 16.9 Å². The third-order valence-electron chi connectivity index (χ3n) is 2.50. The van der Waals surface area contributed by atoms with E-state index < -0.39 is 0 Å². The zero-order chi connectivity index (χ0) is 9.68. The standard InChI is InChI=1S/C9H18N2OS/c1-7(9(10)11-12)6-13-8-4-2-3-5-8/h7-8,12H,2-6H2,1H3,(H2,10,11). The maximum atomic E-state index is 8.45. The fraction of sp³-hybridized carbons (Fsp3) is 0.889. The molecule has 0 spiro atoms. The minimum Gasteiger partial charge on any atom is -0.409 e. The molecule has 1 rings (SSSR count). The largest absolute Gasteiger partial charge is 0.409 e. The molecule has 0 aromatic rings. The number of amidine groups is 1. The van der Waals surface area contributed by atoms with E-state index in [1.807, 2.05) is 18.7 Å². The van der Waals surface area contributed by atoms with Gasteiger partial charge in [-0.3, -0.25) is 0 Å². The van der Waals surface area contributed by atoms with Gasteiger partial charge in [0.2, 0.25) is 0 Å². The van der Waals surface area contributed by atoms with Crippen molar-refractivity contribution in [3.8, 4) is 0 Å². The minimum absolute atomic E-state index is 0.190. The lowest BCUT2D eigenvalue weighted by Gasteiger charge is -2.12. The van der Waals surface area contributed by atoms with Gasteiger partial charge in [0.05, 0.1) is 0 Å². The van der Waals surface area contributed by atoms with Crippen molar-refractivity contribution in [1.29, 1.82) is 0 Å². The van der Waals surface area contributed by atoms with Gasteiger partial charge in [-0.15, -0.1) is 0 Å². The van der Waals surface area contributed by atoms with Crippen LogP contribution in [0, 0.1) is 5.92 Å². The van der Waals surface area contributed by atoms with Crippen molar-refractivity contribution < 1.29 is 5.21 Å². The topological polar surface area (TPSA) is 58.6 Å². The molecule has 4 heteroatoms. The summed E-state index contributed by atoms with van der Waals surface area (Å²) in [6.45, 7) is 2.00. The van der Waals surface area contributed by atoms with E-state index in [1.54, 1.807) is 0 Å². The summed E-state index contributed by atoms with van der Waals surface area (Å²) in [6.07, 6.45) is 5.42. The Hall–Kier alpha value is -0.380. The fourth-order valence-corrected chi connectivity index (χ4v) is 2.92. The van der Waals surface area contributed by atoms with Gasteiger partial charge in [0.15, 0.2) is 0 Å². The highest BCUT2D eigenvalue weighted by atomic mass is 32.2. The Balaban J connectivity index is 2.17. The number of rotatable bonds is 4. The van der Waals surface area contributed by atoms with E-state index >= 15 is 0 Å². The maximum Gasteiger partial charge on any atom is 0.142 e. The van der Waals surface area contributed by atoms with Gasteiger partial charge in [0.1, 0.15) is 5.84 Å². The van der Waals surface area contributed by atoms with Crippen LogP contribution in [-0.2, 0) is 0 Å². The second kappa shape index (κ2) is 5.37. The van der Waals surface area contributed by atoms with Crippen molar-refractivity contribution in [2.45, 2.75) is 37.9 Å². The smallest absolute Gasteiger partial charge is 0.142 e. The van der Waals surface area contributed by atoms with Crippen molar-refractivity contribution in [3.05, 3.63) is 0 Å². The Morgan fingerprint density at radius 3 is 2.77 bits per heavy atom. The van der Waals surface area contributed by atoms with E-state index in [9.17, 15) is 0 Å². The van der Waals surface area contributed by atoms with Crippen LogP contribution in [0.1, 0.15) is 32.6 Å². The highest BCUT2D eigenvalue weighted by Gasteiger charge is 2.17. The van der Waals surface area contributed by atoms with Crippen LogP contribution in [-0.4, -0.2) is 22.0 Å². The predicted octanol–water partition coefficient (Wildman–Crippen LogP) is 2.04. The first kappa shape index (κ1) is 10.7. The van der Waals surface area contributed by atoms with Crippen molar-refractivity contribution in [1.82, 2.24) is 0 Å². The van der Waals surface area contributed by atoms with Gasteiger partial charge < -0.3 is 10.9 Å². The van der Waals surface area contributed by atoms with Gasteiger partial charge in [-0.1, -0.05) is 24.9 Å². The maximum absolute atomic E-state index is 8.45. The van der Waals surface area contributed by atoms with Crippen molar-refractivity contribution in [2.75, 3.05) is 5.75 Å². The Bertz CT molecular complexity index is 178. The average Bonchev–Trinajstić information content (AvgIpc) is 2.65. The monoisotopic (exact) mass is 202 g/mol. The number of oxime groups is 1. The van der Waals surface area contributed by atoms with Crippen molar-refractivity contribution in [2.24, 2.45) is 16.8 Å². The molecule has 1 atom stereocenters. The Kier molecular flexibility index (Phi) is 4.42. The summed E-state index contributed by atoms with van der Waals surface area (Å²) in [4.78, 5) is 0. The van der Waals surface area contributed by atoms with Crippen LogP contribution in [0.4, 0.5) is 0 Å². The van der Waals surface area contributed by atoms with Gasteiger partial charge in [-0.25, -0.2) is 0 Å². The quantitative estimate of drug-likeness (QED) is 0.317. The summed E-state index contributed by atoms with van der Waals surface area (Å²) in [5.41, 5.74) is 5.49. The zero-order valence-electron chi connectivity index (χ0n) is 8.07. The molecule has 0 heterocycles. The van der Waals surface area contributed by atoms with Crippen LogP contribution in [0.25, 0.3) is 0 Å². The number of hydrogen-bond donors (Lipinski definition) is 2. The number of nitrogens with zero attached hydrogens (tertiary/aromatic N) is 1. The Morgan fingerprint density at radius 2 is 2.23 bits per heavy atom. The first-order valence-corrected chi connectivity index (χ1v) is 5.88. The lowest BCUT2D eigenvalue weighted by Crippen LogP contribution is -2.23. The molecule has 13 heavy (non-hydrogen) atoms. The molecule has 1 unspecified atom stereocenters. The Labute approximate surface area is 83.8 Å². The molecule has 76 valence electrons. The van der Waals surface area contributed by atoms with Crippen LogP contribution >= 0.6 is 11.8 Å². The predicted molar refractivity (Wildman–Crippen MR) is 57.3 cm³/mol. The second-order valence-corrected chi connectivity index (χ2v) is 5.00. The van der Waals surface area contributed by atoms with Crippen LogP contribution in [0.2, 0.25) is 0 Å². The average molecular weight is 202 g/mol. The molecule has 3 nitrogen and oxygen atoms in total. The minimum atomic E-state index is 0.190. The SMILES string of the molecule is CC(CSC1CCCC1)C(N)=NO. The van der Waals surface area contributed by atoms with E-state index in [2.05, 4.69) is 5.16 Å². The summed E-state index contributed by atoms with van der Waals surface area (Å²) in [6, 6.07) is 0. The van der Waals surface area contributed by atoms with Crippen molar-refractivity contribution in [3.63, 3.8) is 0 Å². The number of thioether (sulfide) groups is 1. The first-order chi connectivity index (χ1) is 6.24. The molecule has 0 bridgehead atoms. The van der Waals surface area contributed by atoms with E-state index in [0.29, 0.717) is 5.84 Å². The second-order valence-electron chi connectivity index (χ2n) is 3.67. The van der Waals surface area contributed by atoms with E-state index in [0.717, 1.165) is 11.0 Å². The van der Waals surface area contributed by atoms with Gasteiger partial charge in [-0.05, 0) is 12.8 Å². The summed E-state index contributed by atoms with van der Waals surface area (Å²) in [7, 11) is 0. The molecule has 0 radical (unpaired) electrons. The lowest BCUT2D eigenvalue weighted by atomic mass is 10.2. The molecular formula is C9H18N2OS. The van der Waals surface area contributed by atoms with Crippen LogP contribution in [0.5, 0.6) is 0 Å². The molecular weight excluding hydrogens is 184 g/mol. The highest BCUT2D eigenvalue weighted by molar-refractivity contribution is 7.99. The molecule has 0 aromatic heterocycles. The Morgan fingerprint density at radius 1 is 1.62 bits per heavy atom. The normalized spacial score (nSPS) is 22.1. The first-order valence-electron chi connectivity index (χ1n) is 4.83. The molecule has 0 amide bonds. The highest BCUT2D eigenvalue weighted by Crippen LogP contribution is 2.30. The number of hydrogen-bond acceptors (Lipinski definition) is 3. The summed E-state index contributed by atoms with van der Waals surface area (Å²) >= 11 is 1.96. The van der Waals surface area contributed by atoms with Gasteiger partial charge in [-0.2, -0.15) is 11.8 Å². The number of nitrogens with two attached hydrogens (primary N) is 1. The van der Waals surface area contributed by atoms with Gasteiger partial charge in [0.25, 0.3) is 0 Å². The molecule has 1 saturated carbocycles. The zero-order valence-corrected chi connectivity index (χ0v) is 8.89. The van der Waals surface area contributed by atoms with E-state index in [4.69, 9.17) is 10.9 Å². The molecule has 1 fully saturated rings. The summed E-state index contributed by atoms with van der Waals surface area (Å²) in [5, 5.41) is 12.3. The van der Waals surface area contributed by atoms with Crippen molar-refractivity contribution >= 4 is 17.6 Å². The molecule has 0 saturated heterocycles. The van der Waals surface area contributed by atoms with Crippen LogP contribution in [0.15, 0.2) is 5.16 Å². The van der Waals surface area contributed by atoms with E-state index in [1.165, 1.54) is 25.7 Å². The molecule has 0 aliphatic heterocycles. The molecule has 3 N–H and O–H groups in total.